The third-order valence-corrected chi connectivity index (χ3v) is 14.7. The summed E-state index contributed by atoms with van der Waals surface area (Å²) < 4.78 is 7.50. The van der Waals surface area contributed by atoms with Crippen LogP contribution in [0.25, 0.3) is 10.9 Å². The summed E-state index contributed by atoms with van der Waals surface area (Å²) in [5.41, 5.74) is 1.63. The highest BCUT2D eigenvalue weighted by Gasteiger charge is 2.64. The fourth-order valence-electron chi connectivity index (χ4n) is 11.2. The van der Waals surface area contributed by atoms with Crippen molar-refractivity contribution < 1.29 is 19.1 Å². The van der Waals surface area contributed by atoms with Crippen LogP contribution in [0.1, 0.15) is 88.2 Å². The molecule has 1 spiro atoms. The predicted molar refractivity (Wildman–Crippen MR) is 234 cm³/mol. The second-order valence-corrected chi connectivity index (χ2v) is 19.7. The topological polar surface area (TPSA) is 179 Å². The van der Waals surface area contributed by atoms with E-state index in [0.29, 0.717) is 44.1 Å². The molecule has 16 heteroatoms. The summed E-state index contributed by atoms with van der Waals surface area (Å²) in [5.74, 6) is 1.09. The van der Waals surface area contributed by atoms with Gasteiger partial charge in [0, 0.05) is 87.1 Å². The summed E-state index contributed by atoms with van der Waals surface area (Å²) in [4.78, 5) is 63.0. The molecule has 4 aliphatic heterocycles. The number of carbonyl (C=O) groups is 3. The average Bonchev–Trinajstić information content (AvgIpc) is 3.25. The van der Waals surface area contributed by atoms with Crippen molar-refractivity contribution >= 4 is 51.7 Å². The lowest BCUT2D eigenvalue weighted by molar-refractivity contribution is -0.164. The number of rotatable bonds is 9. The van der Waals surface area contributed by atoms with Gasteiger partial charge in [-0.1, -0.05) is 44.5 Å². The fourth-order valence-corrected chi connectivity index (χ4v) is 11.4. The maximum absolute atomic E-state index is 13.5. The third kappa shape index (κ3) is 7.65. The zero-order chi connectivity index (χ0) is 43.6. The number of carbonyl (C=O) groups excluding carboxylic acids is 3. The van der Waals surface area contributed by atoms with Crippen molar-refractivity contribution in [2.24, 2.45) is 22.2 Å². The van der Waals surface area contributed by atoms with Gasteiger partial charge in [0.05, 0.1) is 21.5 Å². The normalized spacial score (nSPS) is 24.5. The minimum Gasteiger partial charge on any atom is -0.489 e. The van der Waals surface area contributed by atoms with Crippen molar-refractivity contribution in [2.45, 2.75) is 84.4 Å². The Morgan fingerprint density at radius 3 is 2.35 bits per heavy atom. The Bertz CT molecular complexity index is 2500. The van der Waals surface area contributed by atoms with E-state index in [1.54, 1.807) is 24.4 Å². The molecule has 1 aliphatic carbocycles. The van der Waals surface area contributed by atoms with Gasteiger partial charge >= 0.3 is 0 Å². The monoisotopic (exact) mass is 860 g/mol. The van der Waals surface area contributed by atoms with Crippen LogP contribution in [0.2, 0.25) is 5.02 Å². The number of aromatic nitrogens is 4. The number of nitriles is 1. The predicted octanol–water partition coefficient (Wildman–Crippen LogP) is 5.12. The lowest BCUT2D eigenvalue weighted by atomic mass is 9.49. The van der Waals surface area contributed by atoms with Crippen LogP contribution in [0.5, 0.6) is 5.75 Å². The lowest BCUT2D eigenvalue weighted by Gasteiger charge is -2.63. The molecule has 2 aromatic carbocycles. The standard InChI is InChI=1S/C46H53ClN10O5/c1-44(2)42(45(3,4)43(44)62-32-8-5-29(23-48)34(47)22-32)51-39(59)30-6-11-37(49-24-30)56-19-15-46(16-20-56)26-54(27-46)25-28-13-17-55(18-14-28)31-7-9-35-33(21-31)41(61)57(53-52-35)36-10-12-38(58)50-40(36)60/h5-9,11,21-22,24,28,36,42-43H,10,12-20,25-27H2,1-4H3,(H,51,59)(H,50,58,60)/t36?,42-,43-. The van der Waals surface area contributed by atoms with Crippen molar-refractivity contribution in [3.63, 3.8) is 0 Å². The van der Waals surface area contributed by atoms with Gasteiger partial charge in [-0.2, -0.15) is 9.94 Å². The molecule has 4 aromatic rings. The first kappa shape index (κ1) is 41.7. The van der Waals surface area contributed by atoms with Crippen molar-refractivity contribution in [1.29, 1.82) is 5.26 Å². The van der Waals surface area contributed by atoms with E-state index in [-0.39, 0.29) is 53.2 Å². The minimum atomic E-state index is -0.846. The van der Waals surface area contributed by atoms with E-state index in [2.05, 4.69) is 69.4 Å². The van der Waals surface area contributed by atoms with Crippen LogP contribution in [-0.2, 0) is 9.59 Å². The van der Waals surface area contributed by atoms with Crippen LogP contribution in [0, 0.1) is 33.5 Å². The highest BCUT2D eigenvalue weighted by Crippen LogP contribution is 2.55. The first-order valence-corrected chi connectivity index (χ1v) is 22.1. The fraction of sp³-hybridized carbons (Fsp3) is 0.522. The van der Waals surface area contributed by atoms with E-state index in [4.69, 9.17) is 21.3 Å². The molecular weight excluding hydrogens is 808 g/mol. The number of anilines is 2. The number of amides is 3. The minimum absolute atomic E-state index is 0.139. The Balaban J connectivity index is 0.723. The van der Waals surface area contributed by atoms with E-state index in [9.17, 15) is 24.4 Å². The molecule has 2 aromatic heterocycles. The van der Waals surface area contributed by atoms with Gasteiger partial charge < -0.3 is 24.8 Å². The first-order valence-electron chi connectivity index (χ1n) is 21.7. The smallest absolute Gasteiger partial charge is 0.278 e. The maximum Gasteiger partial charge on any atom is 0.278 e. The number of likely N-dealkylation sites (tertiary alicyclic amines) is 1. The highest BCUT2D eigenvalue weighted by atomic mass is 35.5. The molecule has 1 unspecified atom stereocenters. The number of ether oxygens (including phenoxy) is 1. The number of imide groups is 1. The maximum atomic E-state index is 13.5. The van der Waals surface area contributed by atoms with Crippen LogP contribution in [0.4, 0.5) is 11.5 Å². The largest absolute Gasteiger partial charge is 0.489 e. The molecule has 15 nitrogen and oxygen atoms in total. The number of piperidine rings is 3. The summed E-state index contributed by atoms with van der Waals surface area (Å²) in [6, 6.07) is 15.7. The average molecular weight is 861 g/mol. The summed E-state index contributed by atoms with van der Waals surface area (Å²) in [6.45, 7) is 15.4. The van der Waals surface area contributed by atoms with Gasteiger partial charge in [0.15, 0.2) is 0 Å². The third-order valence-electron chi connectivity index (χ3n) is 14.4. The van der Waals surface area contributed by atoms with Gasteiger partial charge in [-0.05, 0) is 85.9 Å². The molecule has 2 N–H and O–H groups in total. The molecule has 324 valence electrons. The van der Waals surface area contributed by atoms with Gasteiger partial charge in [0.25, 0.3) is 17.4 Å². The summed E-state index contributed by atoms with van der Waals surface area (Å²) in [5, 5.41) is 23.8. The van der Waals surface area contributed by atoms with Gasteiger partial charge in [-0.15, -0.1) is 5.10 Å². The van der Waals surface area contributed by atoms with E-state index < -0.39 is 11.9 Å². The molecule has 9 rings (SSSR count). The summed E-state index contributed by atoms with van der Waals surface area (Å²) in [6.07, 6.45) is 6.27. The van der Waals surface area contributed by atoms with Crippen molar-refractivity contribution in [1.82, 2.24) is 35.5 Å². The van der Waals surface area contributed by atoms with E-state index in [1.807, 2.05) is 30.3 Å². The summed E-state index contributed by atoms with van der Waals surface area (Å²) >= 11 is 6.26. The molecule has 5 fully saturated rings. The van der Waals surface area contributed by atoms with Gasteiger partial charge in [-0.25, -0.2) is 4.98 Å². The van der Waals surface area contributed by atoms with Crippen molar-refractivity contribution in [2.75, 3.05) is 55.6 Å². The number of fused-ring (bicyclic) bond motifs is 1. The first-order chi connectivity index (χ1) is 29.6. The highest BCUT2D eigenvalue weighted by molar-refractivity contribution is 6.31. The van der Waals surface area contributed by atoms with E-state index in [0.717, 1.165) is 87.7 Å². The molecular formula is C46H53ClN10O5. The number of nitrogens with one attached hydrogen (secondary N) is 2. The molecule has 1 saturated carbocycles. The molecule has 6 heterocycles. The second-order valence-electron chi connectivity index (χ2n) is 19.3. The zero-order valence-electron chi connectivity index (χ0n) is 35.7. The van der Waals surface area contributed by atoms with E-state index in [1.165, 1.54) is 0 Å². The Morgan fingerprint density at radius 2 is 1.69 bits per heavy atom. The Kier molecular flexibility index (Phi) is 10.7. The Hall–Kier alpha value is -5.59. The van der Waals surface area contributed by atoms with Crippen LogP contribution in [0.3, 0.4) is 0 Å². The quantitative estimate of drug-likeness (QED) is 0.213. The van der Waals surface area contributed by atoms with E-state index >= 15 is 0 Å². The van der Waals surface area contributed by atoms with Crippen LogP contribution < -0.4 is 30.7 Å². The molecule has 62 heavy (non-hydrogen) atoms. The number of hydrogen-bond donors (Lipinski definition) is 2. The SMILES string of the molecule is CC1(C)[C@H](NC(=O)c2ccc(N3CCC4(CC3)CN(CC3CCN(c5ccc6nnn(C7CCC(=O)NC7=O)c(=O)c6c5)CC3)C4)nc2)C(C)(C)[C@H]1Oc1ccc(C#N)c(Cl)c1. The van der Waals surface area contributed by atoms with Gasteiger partial charge in [0.1, 0.15) is 35.3 Å². The number of pyridine rings is 1. The second kappa shape index (κ2) is 16.0. The van der Waals surface area contributed by atoms with Gasteiger partial charge in [0.2, 0.25) is 5.91 Å². The zero-order valence-corrected chi connectivity index (χ0v) is 36.5. The molecule has 0 radical (unpaired) electrons. The van der Waals surface area contributed by atoms with Gasteiger partial charge in [-0.3, -0.25) is 24.5 Å². The molecule has 4 saturated heterocycles. The van der Waals surface area contributed by atoms with Crippen LogP contribution in [-0.4, -0.2) is 101 Å². The number of hydrogen-bond acceptors (Lipinski definition) is 12. The van der Waals surface area contributed by atoms with Crippen LogP contribution >= 0.6 is 11.6 Å². The van der Waals surface area contributed by atoms with Crippen molar-refractivity contribution in [3.8, 4) is 11.8 Å². The molecule has 0 bridgehead atoms. The number of halogens is 1. The van der Waals surface area contributed by atoms with Crippen LogP contribution in [0.15, 0.2) is 59.5 Å². The summed E-state index contributed by atoms with van der Waals surface area (Å²) in [7, 11) is 0. The molecule has 3 amide bonds. The lowest BCUT2D eigenvalue weighted by Crippen LogP contribution is -2.74. The molecule has 5 aliphatic rings. The number of nitrogens with zero attached hydrogens (tertiary/aromatic N) is 8. The Labute approximate surface area is 365 Å². The molecule has 1 atom stereocenters. The number of benzene rings is 2. The Morgan fingerprint density at radius 1 is 0.952 bits per heavy atom. The van der Waals surface area contributed by atoms with Crippen molar-refractivity contribution in [3.05, 3.63) is 81.2 Å².